The molecule has 17 heavy (non-hydrogen) atoms. The predicted octanol–water partition coefficient (Wildman–Crippen LogP) is 2.72. The molecule has 0 saturated heterocycles. The van der Waals surface area contributed by atoms with E-state index in [1.165, 1.54) is 12.1 Å². The van der Waals surface area contributed by atoms with Crippen LogP contribution in [0.25, 0.3) is 0 Å². The first-order chi connectivity index (χ1) is 8.02. The van der Waals surface area contributed by atoms with Crippen molar-refractivity contribution in [2.45, 2.75) is 33.3 Å². The van der Waals surface area contributed by atoms with Gasteiger partial charge in [0.05, 0.1) is 19.1 Å². The summed E-state index contributed by atoms with van der Waals surface area (Å²) < 4.78 is 23.4. The SMILES string of the molecule is CCOC(=O)Cc1ccc(F)cc1OC(C)C. The number of carbonyl (C=O) groups excluding carboxylic acids is 1. The van der Waals surface area contributed by atoms with Crippen molar-refractivity contribution in [3.8, 4) is 5.75 Å². The van der Waals surface area contributed by atoms with Crippen LogP contribution in [-0.4, -0.2) is 18.7 Å². The molecule has 1 rings (SSSR count). The van der Waals surface area contributed by atoms with E-state index in [2.05, 4.69) is 0 Å². The van der Waals surface area contributed by atoms with Crippen LogP contribution in [-0.2, 0) is 16.0 Å². The molecule has 0 amide bonds. The van der Waals surface area contributed by atoms with Gasteiger partial charge in [-0.1, -0.05) is 6.07 Å². The molecule has 0 heterocycles. The van der Waals surface area contributed by atoms with Crippen LogP contribution in [0.1, 0.15) is 26.3 Å². The van der Waals surface area contributed by atoms with Crippen LogP contribution in [0, 0.1) is 5.82 Å². The second-order valence-electron chi connectivity index (χ2n) is 3.90. The van der Waals surface area contributed by atoms with E-state index in [4.69, 9.17) is 9.47 Å². The van der Waals surface area contributed by atoms with Gasteiger partial charge in [0.25, 0.3) is 0 Å². The van der Waals surface area contributed by atoms with Crippen LogP contribution in [0.3, 0.4) is 0 Å². The topological polar surface area (TPSA) is 35.5 Å². The number of esters is 1. The minimum absolute atomic E-state index is 0.0715. The zero-order chi connectivity index (χ0) is 12.8. The lowest BCUT2D eigenvalue weighted by atomic mass is 10.1. The fourth-order valence-electron chi connectivity index (χ4n) is 1.41. The fourth-order valence-corrected chi connectivity index (χ4v) is 1.41. The number of hydrogen-bond acceptors (Lipinski definition) is 3. The van der Waals surface area contributed by atoms with Crippen molar-refractivity contribution in [2.24, 2.45) is 0 Å². The summed E-state index contributed by atoms with van der Waals surface area (Å²) in [4.78, 5) is 11.4. The number of rotatable bonds is 5. The van der Waals surface area contributed by atoms with Gasteiger partial charge in [0.15, 0.2) is 0 Å². The van der Waals surface area contributed by atoms with Gasteiger partial charge in [0.2, 0.25) is 0 Å². The summed E-state index contributed by atoms with van der Waals surface area (Å²) in [5, 5.41) is 0. The Kier molecular flexibility index (Phi) is 4.94. The van der Waals surface area contributed by atoms with Gasteiger partial charge in [-0.2, -0.15) is 0 Å². The lowest BCUT2D eigenvalue weighted by Crippen LogP contribution is -2.12. The molecule has 0 aliphatic carbocycles. The Morgan fingerprint density at radius 3 is 2.71 bits per heavy atom. The molecule has 0 radical (unpaired) electrons. The van der Waals surface area contributed by atoms with Crippen molar-refractivity contribution >= 4 is 5.97 Å². The first-order valence-corrected chi connectivity index (χ1v) is 5.63. The van der Waals surface area contributed by atoms with Crippen LogP contribution in [0.2, 0.25) is 0 Å². The largest absolute Gasteiger partial charge is 0.491 e. The molecular weight excluding hydrogens is 223 g/mol. The standard InChI is InChI=1S/C13H17FO3/c1-4-16-13(15)7-10-5-6-11(14)8-12(10)17-9(2)3/h5-6,8-9H,4,7H2,1-3H3. The van der Waals surface area contributed by atoms with Crippen molar-refractivity contribution in [3.05, 3.63) is 29.6 Å². The van der Waals surface area contributed by atoms with Gasteiger partial charge >= 0.3 is 5.97 Å². The number of halogens is 1. The first kappa shape index (κ1) is 13.5. The average molecular weight is 240 g/mol. The van der Waals surface area contributed by atoms with E-state index in [0.717, 1.165) is 0 Å². The van der Waals surface area contributed by atoms with Crippen molar-refractivity contribution < 1.29 is 18.7 Å². The van der Waals surface area contributed by atoms with Gasteiger partial charge in [-0.15, -0.1) is 0 Å². The van der Waals surface area contributed by atoms with Gasteiger partial charge < -0.3 is 9.47 Å². The highest BCUT2D eigenvalue weighted by atomic mass is 19.1. The van der Waals surface area contributed by atoms with Crippen molar-refractivity contribution in [2.75, 3.05) is 6.61 Å². The first-order valence-electron chi connectivity index (χ1n) is 5.63. The van der Waals surface area contributed by atoms with Crippen LogP contribution in [0.5, 0.6) is 5.75 Å². The molecular formula is C13H17FO3. The summed E-state index contributed by atoms with van der Waals surface area (Å²) in [6.45, 7) is 5.77. The van der Waals surface area contributed by atoms with Gasteiger partial charge in [0.1, 0.15) is 11.6 Å². The maximum atomic E-state index is 13.1. The Morgan fingerprint density at radius 1 is 1.41 bits per heavy atom. The van der Waals surface area contributed by atoms with Crippen LogP contribution < -0.4 is 4.74 Å². The van der Waals surface area contributed by atoms with Crippen LogP contribution in [0.4, 0.5) is 4.39 Å². The van der Waals surface area contributed by atoms with E-state index in [0.29, 0.717) is 17.9 Å². The van der Waals surface area contributed by atoms with E-state index in [-0.39, 0.29) is 24.3 Å². The zero-order valence-electron chi connectivity index (χ0n) is 10.3. The lowest BCUT2D eigenvalue weighted by Gasteiger charge is -2.14. The summed E-state index contributed by atoms with van der Waals surface area (Å²) in [7, 11) is 0. The van der Waals surface area contributed by atoms with E-state index in [1.54, 1.807) is 13.0 Å². The average Bonchev–Trinajstić information content (AvgIpc) is 2.21. The molecule has 0 aliphatic heterocycles. The Bertz CT molecular complexity index is 388. The monoisotopic (exact) mass is 240 g/mol. The van der Waals surface area contributed by atoms with E-state index >= 15 is 0 Å². The number of hydrogen-bond donors (Lipinski definition) is 0. The third kappa shape index (κ3) is 4.43. The summed E-state index contributed by atoms with van der Waals surface area (Å²) in [5.74, 6) is -0.325. The third-order valence-corrected chi connectivity index (χ3v) is 2.03. The highest BCUT2D eigenvalue weighted by Crippen LogP contribution is 2.22. The lowest BCUT2D eigenvalue weighted by molar-refractivity contribution is -0.142. The van der Waals surface area contributed by atoms with Crippen LogP contribution in [0.15, 0.2) is 18.2 Å². The Hall–Kier alpha value is -1.58. The van der Waals surface area contributed by atoms with Gasteiger partial charge in [0, 0.05) is 11.6 Å². The molecule has 4 heteroatoms. The highest BCUT2D eigenvalue weighted by molar-refractivity contribution is 5.73. The van der Waals surface area contributed by atoms with Crippen molar-refractivity contribution in [1.82, 2.24) is 0 Å². The molecule has 0 aromatic heterocycles. The molecule has 0 spiro atoms. The second kappa shape index (κ2) is 6.23. The minimum Gasteiger partial charge on any atom is -0.491 e. The van der Waals surface area contributed by atoms with Gasteiger partial charge in [-0.3, -0.25) is 4.79 Å². The Labute approximate surface area is 101 Å². The van der Waals surface area contributed by atoms with Crippen LogP contribution >= 0.6 is 0 Å². The number of ether oxygens (including phenoxy) is 2. The molecule has 1 aromatic carbocycles. The molecule has 0 bridgehead atoms. The molecule has 3 nitrogen and oxygen atoms in total. The molecule has 0 unspecified atom stereocenters. The fraction of sp³-hybridized carbons (Fsp3) is 0.462. The van der Waals surface area contributed by atoms with E-state index < -0.39 is 0 Å². The summed E-state index contributed by atoms with van der Waals surface area (Å²) in [5.41, 5.74) is 0.638. The molecule has 94 valence electrons. The van der Waals surface area contributed by atoms with E-state index in [1.807, 2.05) is 13.8 Å². The van der Waals surface area contributed by atoms with Gasteiger partial charge in [-0.05, 0) is 26.8 Å². The Morgan fingerprint density at radius 2 is 2.12 bits per heavy atom. The smallest absolute Gasteiger partial charge is 0.310 e. The number of carbonyl (C=O) groups is 1. The van der Waals surface area contributed by atoms with Crippen molar-refractivity contribution in [3.63, 3.8) is 0 Å². The molecule has 0 fully saturated rings. The van der Waals surface area contributed by atoms with Crippen molar-refractivity contribution in [1.29, 1.82) is 0 Å². The third-order valence-electron chi connectivity index (χ3n) is 2.03. The molecule has 1 aromatic rings. The zero-order valence-corrected chi connectivity index (χ0v) is 10.3. The molecule has 0 saturated carbocycles. The highest BCUT2D eigenvalue weighted by Gasteiger charge is 2.12. The minimum atomic E-state index is -0.381. The summed E-state index contributed by atoms with van der Waals surface area (Å²) >= 11 is 0. The summed E-state index contributed by atoms with van der Waals surface area (Å²) in [6, 6.07) is 4.14. The number of benzene rings is 1. The van der Waals surface area contributed by atoms with E-state index in [9.17, 15) is 9.18 Å². The second-order valence-corrected chi connectivity index (χ2v) is 3.90. The quantitative estimate of drug-likeness (QED) is 0.742. The Balaban J connectivity index is 2.86. The molecule has 0 aliphatic rings. The summed E-state index contributed by atoms with van der Waals surface area (Å²) in [6.07, 6.45) is 0.0219. The predicted molar refractivity (Wildman–Crippen MR) is 62.5 cm³/mol. The molecule has 0 atom stereocenters. The normalized spacial score (nSPS) is 10.4. The van der Waals surface area contributed by atoms with Gasteiger partial charge in [-0.25, -0.2) is 4.39 Å². The molecule has 0 N–H and O–H groups in total. The maximum absolute atomic E-state index is 13.1. The maximum Gasteiger partial charge on any atom is 0.310 e.